The fraction of sp³-hybridized carbons (Fsp3) is 0. The summed E-state index contributed by atoms with van der Waals surface area (Å²) in [4.78, 5) is 0. The van der Waals surface area contributed by atoms with Crippen molar-refractivity contribution in [2.24, 2.45) is 0 Å². The van der Waals surface area contributed by atoms with Crippen LogP contribution in [-0.2, 0) is 58.6 Å². The van der Waals surface area contributed by atoms with Gasteiger partial charge in [-0.2, -0.15) is 0 Å². The van der Waals surface area contributed by atoms with Gasteiger partial charge in [-0.05, 0) is 0 Å². The Kier molecular flexibility index (Phi) is 92.1. The van der Waals surface area contributed by atoms with E-state index in [1.54, 1.807) is 0 Å². The quantitative estimate of drug-likeness (QED) is 0.525. The normalized spacial score (nSPS) is 0. The van der Waals surface area contributed by atoms with Crippen molar-refractivity contribution in [1.82, 2.24) is 0 Å². The zero-order valence-corrected chi connectivity index (χ0v) is 13.6. The van der Waals surface area contributed by atoms with Crippen molar-refractivity contribution in [2.75, 3.05) is 0 Å². The largest absolute Gasteiger partial charge is 0 e. The van der Waals surface area contributed by atoms with E-state index in [0.29, 0.717) is 0 Å². The van der Waals surface area contributed by atoms with Crippen LogP contribution in [0.1, 0.15) is 0 Å². The molecule has 0 N–H and O–H groups in total. The maximum atomic E-state index is 0. The van der Waals surface area contributed by atoms with Crippen LogP contribution in [0.4, 0.5) is 0 Å². The molecule has 0 aliphatic carbocycles. The van der Waals surface area contributed by atoms with E-state index in [0.717, 1.165) is 0 Å². The Morgan fingerprint density at radius 2 is 1.00 bits per heavy atom. The number of hydrogen-bond donors (Lipinski definition) is 0. The second kappa shape index (κ2) is 15.6. The van der Waals surface area contributed by atoms with E-state index in [2.05, 4.69) is 0 Å². The van der Waals surface area contributed by atoms with Crippen LogP contribution in [-0.4, -0.2) is 0 Å². The third-order valence-electron chi connectivity index (χ3n) is 0. The standard InChI is InChI=1S/Ce.La.Sc.Y. The van der Waals surface area contributed by atoms with Crippen molar-refractivity contribution in [2.45, 2.75) is 0 Å². The van der Waals surface area contributed by atoms with E-state index >= 15 is 0 Å². The molecule has 0 heterocycles. The molecule has 4 heteroatoms. The molecule has 0 bridgehead atoms. The van der Waals surface area contributed by atoms with Gasteiger partial charge in [0.25, 0.3) is 0 Å². The van der Waals surface area contributed by atoms with Gasteiger partial charge in [-0.15, -0.1) is 0 Å². The first-order valence-electron chi connectivity index (χ1n) is 0. The zero-order chi connectivity index (χ0) is 0. The van der Waals surface area contributed by atoms with Crippen molar-refractivity contribution >= 4 is 0 Å². The molecule has 0 rings (SSSR count). The van der Waals surface area contributed by atoms with Crippen LogP contribution in [0.25, 0.3) is 0 Å². The molecule has 0 aromatic rings. The Hall–Kier alpha value is 4.55. The molecule has 0 saturated heterocycles. The van der Waals surface area contributed by atoms with Crippen LogP contribution < -0.4 is 0 Å². The Labute approximate surface area is 132 Å². The zero-order valence-electron chi connectivity index (χ0n) is 2.23. The molecular formula is CeLaScY. The predicted octanol–water partition coefficient (Wildman–Crippen LogP) is -0.00500. The molecule has 4 heavy (non-hydrogen) atoms. The van der Waals surface area contributed by atoms with Crippen LogP contribution >= 0.6 is 0 Å². The summed E-state index contributed by atoms with van der Waals surface area (Å²) in [6.07, 6.45) is 0. The van der Waals surface area contributed by atoms with Crippen molar-refractivity contribution < 1.29 is 136 Å². The van der Waals surface area contributed by atoms with Crippen LogP contribution in [0.2, 0.25) is 0 Å². The summed E-state index contributed by atoms with van der Waals surface area (Å²) in [6.45, 7) is 0. The summed E-state index contributed by atoms with van der Waals surface area (Å²) >= 11 is 0. The molecule has 0 saturated carbocycles. The monoisotopic (exact) mass is 413 g/mol. The third-order valence-corrected chi connectivity index (χ3v) is 0. The third kappa shape index (κ3) is 9.74. The summed E-state index contributed by atoms with van der Waals surface area (Å²) < 4.78 is 0. The Balaban J connectivity index is 0. The SMILES string of the molecule is [Ce].[La].[Sc].[Y]. The van der Waals surface area contributed by atoms with Gasteiger partial charge in [0.05, 0.1) is 0 Å². The number of rotatable bonds is 0. The summed E-state index contributed by atoms with van der Waals surface area (Å²) in [5.41, 5.74) is 0. The van der Waals surface area contributed by atoms with Gasteiger partial charge in [0.15, 0.2) is 0 Å². The minimum Gasteiger partial charge on any atom is 0 e. The first-order chi connectivity index (χ1) is 0. The van der Waals surface area contributed by atoms with Crippen LogP contribution in [0.3, 0.4) is 0 Å². The smallest absolute Gasteiger partial charge is 0 e. The average Bonchev–Trinajstić information content (AvgIpc) is 0. The van der Waals surface area contributed by atoms with Gasteiger partial charge < -0.3 is 0 Å². The molecule has 0 aromatic carbocycles. The van der Waals surface area contributed by atoms with Gasteiger partial charge in [-0.3, -0.25) is 0 Å². The molecule has 0 atom stereocenters. The van der Waals surface area contributed by atoms with E-state index in [9.17, 15) is 0 Å². The van der Waals surface area contributed by atoms with E-state index in [4.69, 9.17) is 0 Å². The number of hydrogen-bond acceptors (Lipinski definition) is 0. The molecule has 13 valence electrons. The van der Waals surface area contributed by atoms with Crippen molar-refractivity contribution in [3.05, 3.63) is 0 Å². The average molecular weight is 413 g/mol. The predicted molar refractivity (Wildman–Crippen MR) is 0 cm³/mol. The topological polar surface area (TPSA) is 0 Å². The molecule has 0 aliphatic heterocycles. The fourth-order valence-electron chi connectivity index (χ4n) is 0. The summed E-state index contributed by atoms with van der Waals surface area (Å²) in [6, 6.07) is 0. The maximum absolute atomic E-state index is 0. The summed E-state index contributed by atoms with van der Waals surface area (Å²) in [5.74, 6) is 0. The molecule has 0 spiro atoms. The van der Waals surface area contributed by atoms with Gasteiger partial charge in [-0.25, -0.2) is 0 Å². The summed E-state index contributed by atoms with van der Waals surface area (Å²) in [5, 5.41) is 0. The molecule has 0 aliphatic rings. The second-order valence-electron chi connectivity index (χ2n) is 0. The van der Waals surface area contributed by atoms with E-state index < -0.39 is 0 Å². The van der Waals surface area contributed by atoms with Crippen molar-refractivity contribution in [3.63, 3.8) is 0 Å². The van der Waals surface area contributed by atoms with Gasteiger partial charge in [0.2, 0.25) is 0 Å². The molecule has 0 nitrogen and oxygen atoms in total. The molecular weight excluding hydrogens is 413 g/mol. The minimum atomic E-state index is 0. The Morgan fingerprint density at radius 1 is 1.00 bits per heavy atom. The first-order valence-corrected chi connectivity index (χ1v) is 0. The van der Waals surface area contributed by atoms with Crippen LogP contribution in [0.5, 0.6) is 0 Å². The van der Waals surface area contributed by atoms with E-state index in [-0.39, 0.29) is 136 Å². The van der Waals surface area contributed by atoms with Crippen molar-refractivity contribution in [3.8, 4) is 0 Å². The Bertz CT molecular complexity index is 8.00. The maximum Gasteiger partial charge on any atom is 0 e. The van der Waals surface area contributed by atoms with E-state index in [1.807, 2.05) is 0 Å². The minimum absolute atomic E-state index is 0. The van der Waals surface area contributed by atoms with E-state index in [1.165, 1.54) is 0 Å². The van der Waals surface area contributed by atoms with Gasteiger partial charge in [0, 0.05) is 136 Å². The molecule has 0 aromatic heterocycles. The fourth-order valence-corrected chi connectivity index (χ4v) is 0. The Morgan fingerprint density at radius 3 is 1.00 bits per heavy atom. The van der Waals surface area contributed by atoms with Gasteiger partial charge in [0.1, 0.15) is 0 Å². The van der Waals surface area contributed by atoms with Crippen LogP contribution in [0, 0.1) is 77.3 Å². The summed E-state index contributed by atoms with van der Waals surface area (Å²) in [7, 11) is 0. The molecule has 3 radical (unpaired) electrons. The van der Waals surface area contributed by atoms with Crippen molar-refractivity contribution in [1.29, 1.82) is 0 Å². The van der Waals surface area contributed by atoms with Gasteiger partial charge in [-0.1, -0.05) is 0 Å². The second-order valence-corrected chi connectivity index (χ2v) is 0. The first kappa shape index (κ1) is 23.5. The molecule has 0 unspecified atom stereocenters. The molecule has 0 fully saturated rings. The molecule has 0 amide bonds. The van der Waals surface area contributed by atoms with Gasteiger partial charge >= 0.3 is 0 Å². The van der Waals surface area contributed by atoms with Crippen LogP contribution in [0.15, 0.2) is 0 Å².